The van der Waals surface area contributed by atoms with Crippen molar-refractivity contribution in [2.24, 2.45) is 0 Å². The lowest BCUT2D eigenvalue weighted by molar-refractivity contribution is -0.124. The third-order valence-corrected chi connectivity index (χ3v) is 5.32. The number of carbonyl (C=O) groups excluding carboxylic acids is 2. The molecule has 1 atom stereocenters. The monoisotopic (exact) mass is 443 g/mol. The minimum atomic E-state index is -0.944. The van der Waals surface area contributed by atoms with Crippen molar-refractivity contribution in [2.75, 3.05) is 12.1 Å². The van der Waals surface area contributed by atoms with E-state index < -0.39 is 18.0 Å². The van der Waals surface area contributed by atoms with Gasteiger partial charge in [0.25, 0.3) is 5.91 Å². The molecule has 33 heavy (non-hydrogen) atoms. The number of hydrogen-bond donors (Lipinski definition) is 2. The number of ether oxygens (including phenoxy) is 3. The first-order valence-electron chi connectivity index (χ1n) is 10.6. The van der Waals surface area contributed by atoms with Gasteiger partial charge in [0, 0.05) is 17.3 Å². The molecule has 1 unspecified atom stereocenters. The Kier molecular flexibility index (Phi) is 5.40. The maximum Gasteiger partial charge on any atom is 0.338 e. The zero-order valence-electron chi connectivity index (χ0n) is 17.8. The molecular weight excluding hydrogens is 422 g/mol. The highest BCUT2D eigenvalue weighted by Crippen LogP contribution is 2.34. The van der Waals surface area contributed by atoms with Crippen molar-refractivity contribution in [3.63, 3.8) is 0 Å². The molecule has 0 fully saturated rings. The lowest BCUT2D eigenvalue weighted by Crippen LogP contribution is -2.32. The van der Waals surface area contributed by atoms with E-state index >= 15 is 0 Å². The Morgan fingerprint density at radius 1 is 1.06 bits per heavy atom. The van der Waals surface area contributed by atoms with Gasteiger partial charge in [-0.1, -0.05) is 37.3 Å². The molecular formula is C25H21N3O5. The van der Waals surface area contributed by atoms with E-state index in [-0.39, 0.29) is 6.79 Å². The van der Waals surface area contributed by atoms with E-state index in [0.717, 1.165) is 11.1 Å². The van der Waals surface area contributed by atoms with Gasteiger partial charge < -0.3 is 24.5 Å². The Morgan fingerprint density at radius 2 is 1.88 bits per heavy atom. The number of carbonyl (C=O) groups is 2. The van der Waals surface area contributed by atoms with Crippen LogP contribution in [0.2, 0.25) is 0 Å². The third kappa shape index (κ3) is 4.23. The van der Waals surface area contributed by atoms with E-state index in [4.69, 9.17) is 14.2 Å². The van der Waals surface area contributed by atoms with E-state index in [9.17, 15) is 9.59 Å². The summed E-state index contributed by atoms with van der Waals surface area (Å²) >= 11 is 0. The predicted molar refractivity (Wildman–Crippen MR) is 122 cm³/mol. The molecule has 2 heterocycles. The lowest BCUT2D eigenvalue weighted by Gasteiger charge is -2.16. The fourth-order valence-electron chi connectivity index (χ4n) is 3.59. The molecule has 1 aliphatic heterocycles. The number of nitrogens with one attached hydrogen (secondary N) is 2. The van der Waals surface area contributed by atoms with Crippen LogP contribution < -0.4 is 14.8 Å². The fraction of sp³-hybridized carbons (Fsp3) is 0.160. The number of rotatable bonds is 6. The molecule has 1 amide bonds. The van der Waals surface area contributed by atoms with Crippen LogP contribution in [0.5, 0.6) is 11.5 Å². The van der Waals surface area contributed by atoms with Crippen molar-refractivity contribution in [1.29, 1.82) is 0 Å². The number of benzene rings is 3. The summed E-state index contributed by atoms with van der Waals surface area (Å²) in [5, 5.41) is 2.76. The second kappa shape index (κ2) is 8.66. The molecule has 0 spiro atoms. The maximum absolute atomic E-state index is 12.8. The molecule has 1 aliphatic rings. The van der Waals surface area contributed by atoms with Crippen LogP contribution in [0.1, 0.15) is 23.7 Å². The summed E-state index contributed by atoms with van der Waals surface area (Å²) in [7, 11) is 0. The topological polar surface area (TPSA) is 103 Å². The van der Waals surface area contributed by atoms with Crippen molar-refractivity contribution in [1.82, 2.24) is 9.97 Å². The third-order valence-electron chi connectivity index (χ3n) is 5.32. The van der Waals surface area contributed by atoms with Crippen LogP contribution in [-0.4, -0.2) is 34.7 Å². The Morgan fingerprint density at radius 3 is 2.70 bits per heavy atom. The molecule has 0 saturated heterocycles. The molecule has 0 saturated carbocycles. The highest BCUT2D eigenvalue weighted by Gasteiger charge is 2.23. The van der Waals surface area contributed by atoms with Crippen LogP contribution in [0.25, 0.3) is 22.4 Å². The summed E-state index contributed by atoms with van der Waals surface area (Å²) in [6.45, 7) is 1.93. The first-order valence-corrected chi connectivity index (χ1v) is 10.6. The first-order chi connectivity index (χ1) is 16.1. The molecule has 3 aromatic carbocycles. The van der Waals surface area contributed by atoms with E-state index in [1.54, 1.807) is 43.3 Å². The lowest BCUT2D eigenvalue weighted by atomic mass is 10.2. The predicted octanol–water partition coefficient (Wildman–Crippen LogP) is 4.53. The number of anilines is 1. The van der Waals surface area contributed by atoms with Crippen LogP contribution >= 0.6 is 0 Å². The first kappa shape index (κ1) is 20.6. The molecule has 0 radical (unpaired) electrons. The van der Waals surface area contributed by atoms with Gasteiger partial charge in [-0.2, -0.15) is 0 Å². The van der Waals surface area contributed by atoms with Gasteiger partial charge in [-0.3, -0.25) is 4.79 Å². The van der Waals surface area contributed by atoms with Gasteiger partial charge in [0.1, 0.15) is 5.82 Å². The average Bonchev–Trinajstić information content (AvgIpc) is 3.49. The van der Waals surface area contributed by atoms with Gasteiger partial charge in [-0.25, -0.2) is 9.78 Å². The van der Waals surface area contributed by atoms with E-state index in [1.165, 1.54) is 0 Å². The summed E-state index contributed by atoms with van der Waals surface area (Å²) < 4.78 is 16.1. The van der Waals surface area contributed by atoms with Crippen molar-refractivity contribution in [2.45, 2.75) is 19.4 Å². The summed E-state index contributed by atoms with van der Waals surface area (Å²) in [5.74, 6) is 0.890. The van der Waals surface area contributed by atoms with Gasteiger partial charge in [0.05, 0.1) is 16.6 Å². The Hall–Kier alpha value is -4.33. The van der Waals surface area contributed by atoms with Crippen molar-refractivity contribution >= 4 is 28.6 Å². The molecule has 166 valence electrons. The van der Waals surface area contributed by atoms with E-state index in [2.05, 4.69) is 15.3 Å². The molecule has 4 aromatic rings. The standard InChI is InChI=1S/C25H21N3O5/c1-2-20(24(29)26-17-9-11-21-22(13-17)32-14-31-21)33-25(30)16-8-10-18-19(12-16)28-23(27-18)15-6-4-3-5-7-15/h3-13,20H,2,14H2,1H3,(H,26,29)(H,27,28). The summed E-state index contributed by atoms with van der Waals surface area (Å²) in [6.07, 6.45) is -0.618. The molecule has 1 aromatic heterocycles. The average molecular weight is 443 g/mol. The fourth-order valence-corrected chi connectivity index (χ4v) is 3.59. The Bertz CT molecular complexity index is 1330. The smallest absolute Gasteiger partial charge is 0.338 e. The minimum Gasteiger partial charge on any atom is -0.454 e. The number of hydrogen-bond acceptors (Lipinski definition) is 6. The van der Waals surface area contributed by atoms with Crippen LogP contribution in [0.4, 0.5) is 5.69 Å². The molecule has 2 N–H and O–H groups in total. The van der Waals surface area contributed by atoms with Crippen molar-refractivity contribution in [3.05, 3.63) is 72.3 Å². The van der Waals surface area contributed by atoms with Crippen LogP contribution in [-0.2, 0) is 9.53 Å². The summed E-state index contributed by atoms with van der Waals surface area (Å²) in [5.41, 5.74) is 3.26. The van der Waals surface area contributed by atoms with E-state index in [1.807, 2.05) is 30.3 Å². The molecule has 8 nitrogen and oxygen atoms in total. The van der Waals surface area contributed by atoms with Crippen LogP contribution in [0.15, 0.2) is 66.7 Å². The highest BCUT2D eigenvalue weighted by molar-refractivity contribution is 5.99. The number of H-pyrrole nitrogens is 1. The summed E-state index contributed by atoms with van der Waals surface area (Å²) in [4.78, 5) is 33.3. The van der Waals surface area contributed by atoms with Crippen LogP contribution in [0.3, 0.4) is 0 Å². The Balaban J connectivity index is 1.29. The van der Waals surface area contributed by atoms with Gasteiger partial charge in [-0.15, -0.1) is 0 Å². The normalized spacial score (nSPS) is 13.0. The van der Waals surface area contributed by atoms with Gasteiger partial charge in [-0.05, 0) is 36.8 Å². The second-order valence-corrected chi connectivity index (χ2v) is 7.54. The molecule has 8 heteroatoms. The van der Waals surface area contributed by atoms with Crippen molar-refractivity contribution in [3.8, 4) is 22.9 Å². The number of fused-ring (bicyclic) bond motifs is 2. The van der Waals surface area contributed by atoms with Gasteiger partial charge >= 0.3 is 5.97 Å². The zero-order chi connectivity index (χ0) is 22.8. The number of esters is 1. The van der Waals surface area contributed by atoms with Crippen molar-refractivity contribution < 1.29 is 23.8 Å². The quantitative estimate of drug-likeness (QED) is 0.425. The van der Waals surface area contributed by atoms with Gasteiger partial charge in [0.15, 0.2) is 17.6 Å². The number of imidazole rings is 1. The molecule has 0 bridgehead atoms. The number of amides is 1. The second-order valence-electron chi connectivity index (χ2n) is 7.54. The molecule has 0 aliphatic carbocycles. The van der Waals surface area contributed by atoms with E-state index in [0.29, 0.717) is 40.5 Å². The van der Waals surface area contributed by atoms with Crippen LogP contribution in [0, 0.1) is 0 Å². The SMILES string of the molecule is CCC(OC(=O)c1ccc2nc(-c3ccccc3)[nH]c2c1)C(=O)Nc1ccc2c(c1)OCO2. The highest BCUT2D eigenvalue weighted by atomic mass is 16.7. The summed E-state index contributed by atoms with van der Waals surface area (Å²) in [6, 6.07) is 19.9. The maximum atomic E-state index is 12.8. The van der Waals surface area contributed by atoms with Gasteiger partial charge in [0.2, 0.25) is 6.79 Å². The zero-order valence-corrected chi connectivity index (χ0v) is 17.8. The number of aromatic amines is 1. The minimum absolute atomic E-state index is 0.148. The Labute approximate surface area is 189 Å². The molecule has 5 rings (SSSR count). The largest absolute Gasteiger partial charge is 0.454 e. The number of nitrogens with zero attached hydrogens (tertiary/aromatic N) is 1. The number of aromatic nitrogens is 2.